The molecule has 1 aromatic rings. The number of carbonyl (C=O) groups is 2. The molecule has 0 heterocycles. The van der Waals surface area contributed by atoms with Crippen molar-refractivity contribution in [3.8, 4) is 11.5 Å². The van der Waals surface area contributed by atoms with E-state index in [2.05, 4.69) is 5.32 Å². The van der Waals surface area contributed by atoms with E-state index in [1.807, 2.05) is 19.1 Å². The Morgan fingerprint density at radius 3 is 2.48 bits per heavy atom. The van der Waals surface area contributed by atoms with Gasteiger partial charge in [-0.3, -0.25) is 4.79 Å². The zero-order valence-corrected chi connectivity index (χ0v) is 13.9. The van der Waals surface area contributed by atoms with E-state index in [1.54, 1.807) is 20.3 Å². The van der Waals surface area contributed by atoms with Crippen LogP contribution >= 0.6 is 0 Å². The first kappa shape index (κ1) is 18.8. The van der Waals surface area contributed by atoms with Crippen LogP contribution in [0.25, 0.3) is 0 Å². The molecule has 2 N–H and O–H groups in total. The average Bonchev–Trinajstić information content (AvgIpc) is 2.56. The third-order valence-electron chi connectivity index (χ3n) is 3.57. The summed E-state index contributed by atoms with van der Waals surface area (Å²) in [5.41, 5.74) is 0.929. The number of hydrogen-bond donors (Lipinski definition) is 2. The van der Waals surface area contributed by atoms with Crippen molar-refractivity contribution < 1.29 is 24.2 Å². The maximum absolute atomic E-state index is 11.9. The smallest absolute Gasteiger partial charge is 0.326 e. The van der Waals surface area contributed by atoms with Crippen molar-refractivity contribution in [2.75, 3.05) is 14.2 Å². The van der Waals surface area contributed by atoms with Crippen LogP contribution in [0.15, 0.2) is 18.2 Å². The molecule has 1 atom stereocenters. The number of amides is 1. The Morgan fingerprint density at radius 1 is 1.22 bits per heavy atom. The van der Waals surface area contributed by atoms with Crippen LogP contribution in [0.5, 0.6) is 11.5 Å². The average molecular weight is 323 g/mol. The Balaban J connectivity index is 2.56. The van der Waals surface area contributed by atoms with Crippen LogP contribution in [-0.4, -0.2) is 37.2 Å². The molecule has 23 heavy (non-hydrogen) atoms. The summed E-state index contributed by atoms with van der Waals surface area (Å²) in [5, 5.41) is 11.7. The molecule has 0 aromatic heterocycles. The molecule has 6 nitrogen and oxygen atoms in total. The van der Waals surface area contributed by atoms with Crippen molar-refractivity contribution in [3.63, 3.8) is 0 Å². The molecule has 0 saturated heterocycles. The van der Waals surface area contributed by atoms with Crippen LogP contribution in [-0.2, 0) is 16.0 Å². The number of nitrogens with one attached hydrogen (secondary N) is 1. The Labute approximate surface area is 136 Å². The van der Waals surface area contributed by atoms with E-state index in [1.165, 1.54) is 0 Å². The summed E-state index contributed by atoms with van der Waals surface area (Å²) < 4.78 is 10.4. The van der Waals surface area contributed by atoms with E-state index in [-0.39, 0.29) is 12.3 Å². The summed E-state index contributed by atoms with van der Waals surface area (Å²) >= 11 is 0. The molecule has 1 aromatic carbocycles. The molecule has 0 aliphatic heterocycles. The van der Waals surface area contributed by atoms with Crippen molar-refractivity contribution in [3.05, 3.63) is 23.8 Å². The van der Waals surface area contributed by atoms with Crippen LogP contribution in [0, 0.1) is 0 Å². The molecule has 6 heteroatoms. The van der Waals surface area contributed by atoms with Gasteiger partial charge in [-0.05, 0) is 30.5 Å². The molecule has 128 valence electrons. The summed E-state index contributed by atoms with van der Waals surface area (Å²) in [5.74, 6) is -0.0100. The summed E-state index contributed by atoms with van der Waals surface area (Å²) in [6.07, 6.45) is 2.85. The number of carboxylic acid groups (broad SMARTS) is 1. The Bertz CT molecular complexity index is 530. The zero-order valence-electron chi connectivity index (χ0n) is 13.9. The van der Waals surface area contributed by atoms with Gasteiger partial charge in [0.05, 0.1) is 14.2 Å². The van der Waals surface area contributed by atoms with Crippen LogP contribution in [0.1, 0.15) is 38.2 Å². The molecule has 0 spiro atoms. The lowest BCUT2D eigenvalue weighted by Gasteiger charge is -2.14. The third-order valence-corrected chi connectivity index (χ3v) is 3.57. The van der Waals surface area contributed by atoms with Crippen molar-refractivity contribution in [2.24, 2.45) is 0 Å². The minimum Gasteiger partial charge on any atom is -0.493 e. The molecular weight excluding hydrogens is 298 g/mol. The molecule has 0 aliphatic rings. The number of benzene rings is 1. The van der Waals surface area contributed by atoms with Gasteiger partial charge >= 0.3 is 5.97 Å². The molecule has 0 fully saturated rings. The highest BCUT2D eigenvalue weighted by Crippen LogP contribution is 2.27. The van der Waals surface area contributed by atoms with Gasteiger partial charge in [0.2, 0.25) is 5.91 Å². The van der Waals surface area contributed by atoms with Gasteiger partial charge in [0.1, 0.15) is 6.04 Å². The van der Waals surface area contributed by atoms with Crippen molar-refractivity contribution >= 4 is 11.9 Å². The van der Waals surface area contributed by atoms with E-state index >= 15 is 0 Å². The number of methoxy groups -OCH3 is 2. The van der Waals surface area contributed by atoms with Gasteiger partial charge < -0.3 is 19.9 Å². The summed E-state index contributed by atoms with van der Waals surface area (Å²) in [7, 11) is 3.12. The Morgan fingerprint density at radius 2 is 1.91 bits per heavy atom. The summed E-state index contributed by atoms with van der Waals surface area (Å²) in [6, 6.07) is 4.65. The number of hydrogen-bond acceptors (Lipinski definition) is 4. The maximum atomic E-state index is 11.9. The number of ether oxygens (including phenoxy) is 2. The van der Waals surface area contributed by atoms with E-state index in [4.69, 9.17) is 14.6 Å². The highest BCUT2D eigenvalue weighted by atomic mass is 16.5. The second kappa shape index (κ2) is 9.71. The lowest BCUT2D eigenvalue weighted by molar-refractivity contribution is -0.142. The lowest BCUT2D eigenvalue weighted by atomic mass is 10.1. The Hall–Kier alpha value is -2.24. The van der Waals surface area contributed by atoms with Crippen molar-refractivity contribution in [1.29, 1.82) is 0 Å². The summed E-state index contributed by atoms with van der Waals surface area (Å²) in [6.45, 7) is 1.98. The monoisotopic (exact) mass is 323 g/mol. The first-order valence-corrected chi connectivity index (χ1v) is 7.74. The fourth-order valence-corrected chi connectivity index (χ4v) is 2.23. The molecule has 0 aliphatic carbocycles. The van der Waals surface area contributed by atoms with Gasteiger partial charge in [0.25, 0.3) is 0 Å². The fraction of sp³-hybridized carbons (Fsp3) is 0.529. The van der Waals surface area contributed by atoms with Gasteiger partial charge in [0, 0.05) is 6.42 Å². The molecule has 0 bridgehead atoms. The number of aryl methyl sites for hydroxylation is 1. The van der Waals surface area contributed by atoms with Gasteiger partial charge in [-0.2, -0.15) is 0 Å². The van der Waals surface area contributed by atoms with Crippen LogP contribution in [0.4, 0.5) is 0 Å². The van der Waals surface area contributed by atoms with Crippen LogP contribution < -0.4 is 14.8 Å². The molecule has 0 saturated carbocycles. The minimum atomic E-state index is -0.988. The van der Waals surface area contributed by atoms with Crippen molar-refractivity contribution in [2.45, 2.75) is 45.1 Å². The second-order valence-electron chi connectivity index (χ2n) is 5.29. The highest BCUT2D eigenvalue weighted by molar-refractivity contribution is 5.83. The molecule has 1 amide bonds. The van der Waals surface area contributed by atoms with Crippen LogP contribution in [0.2, 0.25) is 0 Å². The van der Waals surface area contributed by atoms with Crippen molar-refractivity contribution in [1.82, 2.24) is 5.32 Å². The predicted octanol–water partition coefficient (Wildman–Crippen LogP) is 2.40. The molecule has 0 radical (unpaired) electrons. The standard InChI is InChI=1S/C17H25NO5/c1-4-5-6-13(17(20)21)18-16(19)10-8-12-7-9-14(22-2)15(11-12)23-3/h7,9,11,13H,4-6,8,10H2,1-3H3,(H,18,19)(H,20,21)/t13-/m0/s1. The van der Waals surface area contributed by atoms with E-state index in [9.17, 15) is 9.59 Å². The van der Waals surface area contributed by atoms with Gasteiger partial charge in [0.15, 0.2) is 11.5 Å². The number of aliphatic carboxylic acids is 1. The van der Waals surface area contributed by atoms with E-state index in [0.717, 1.165) is 18.4 Å². The van der Waals surface area contributed by atoms with Gasteiger partial charge in [-0.25, -0.2) is 4.79 Å². The number of rotatable bonds is 10. The fourth-order valence-electron chi connectivity index (χ4n) is 2.23. The van der Waals surface area contributed by atoms with Gasteiger partial charge in [-0.15, -0.1) is 0 Å². The minimum absolute atomic E-state index is 0.228. The first-order valence-electron chi connectivity index (χ1n) is 7.74. The highest BCUT2D eigenvalue weighted by Gasteiger charge is 2.19. The number of carboxylic acids is 1. The van der Waals surface area contributed by atoms with E-state index < -0.39 is 12.0 Å². The number of carbonyl (C=O) groups excluding carboxylic acids is 1. The first-order chi connectivity index (χ1) is 11.0. The Kier molecular flexibility index (Phi) is 7.94. The second-order valence-corrected chi connectivity index (χ2v) is 5.29. The quantitative estimate of drug-likeness (QED) is 0.690. The topological polar surface area (TPSA) is 84.9 Å². The van der Waals surface area contributed by atoms with Gasteiger partial charge in [-0.1, -0.05) is 25.8 Å². The van der Waals surface area contributed by atoms with Crippen LogP contribution in [0.3, 0.4) is 0 Å². The predicted molar refractivity (Wildman–Crippen MR) is 87.0 cm³/mol. The SMILES string of the molecule is CCCC[C@H](NC(=O)CCc1ccc(OC)c(OC)c1)C(=O)O. The van der Waals surface area contributed by atoms with E-state index in [0.29, 0.717) is 24.3 Å². The number of unbranched alkanes of at least 4 members (excludes halogenated alkanes) is 1. The third kappa shape index (κ3) is 6.18. The molecule has 1 rings (SSSR count). The lowest BCUT2D eigenvalue weighted by Crippen LogP contribution is -2.40. The molecular formula is C17H25NO5. The largest absolute Gasteiger partial charge is 0.493 e. The normalized spacial score (nSPS) is 11.6. The summed E-state index contributed by atoms with van der Waals surface area (Å²) in [4.78, 5) is 23.1. The maximum Gasteiger partial charge on any atom is 0.326 e. The molecule has 0 unspecified atom stereocenters. The zero-order chi connectivity index (χ0) is 17.2.